The summed E-state index contributed by atoms with van der Waals surface area (Å²) < 4.78 is 5.14. The largest absolute Gasteiger partial charge is 0.508 e. The number of fused-ring (bicyclic) bond motifs is 1. The molecule has 0 bridgehead atoms. The van der Waals surface area contributed by atoms with Gasteiger partial charge in [0.1, 0.15) is 11.5 Å². The van der Waals surface area contributed by atoms with Gasteiger partial charge in [-0.1, -0.05) is 36.4 Å². The van der Waals surface area contributed by atoms with Crippen molar-refractivity contribution in [3.8, 4) is 11.5 Å². The summed E-state index contributed by atoms with van der Waals surface area (Å²) >= 11 is 0. The fourth-order valence-corrected chi connectivity index (χ4v) is 2.52. The lowest BCUT2D eigenvalue weighted by molar-refractivity contribution is 0.0952. The van der Waals surface area contributed by atoms with E-state index in [0.717, 1.165) is 10.8 Å². The van der Waals surface area contributed by atoms with Crippen molar-refractivity contribution < 1.29 is 14.6 Å². The van der Waals surface area contributed by atoms with E-state index in [2.05, 4.69) is 5.32 Å². The molecule has 3 rings (SSSR count). The molecule has 4 heteroatoms. The number of phenolic OH excluding ortho intramolecular Hbond substituents is 1. The Morgan fingerprint density at radius 1 is 1.09 bits per heavy atom. The molecule has 0 heterocycles. The Balaban J connectivity index is 1.82. The minimum absolute atomic E-state index is 0.129. The lowest BCUT2D eigenvalue weighted by atomic mass is 10.0. The van der Waals surface area contributed by atoms with E-state index in [1.54, 1.807) is 31.4 Å². The molecule has 0 atom stereocenters. The molecule has 0 saturated carbocycles. The highest BCUT2D eigenvalue weighted by molar-refractivity contribution is 6.06. The molecule has 23 heavy (non-hydrogen) atoms. The van der Waals surface area contributed by atoms with Crippen LogP contribution in [-0.4, -0.2) is 18.1 Å². The molecule has 2 N–H and O–H groups in total. The van der Waals surface area contributed by atoms with Gasteiger partial charge in [-0.05, 0) is 35.0 Å². The number of carbonyl (C=O) groups excluding carboxylic acids is 1. The summed E-state index contributed by atoms with van der Waals surface area (Å²) in [5, 5.41) is 14.6. The van der Waals surface area contributed by atoms with Crippen LogP contribution in [0.15, 0.2) is 60.7 Å². The van der Waals surface area contributed by atoms with Crippen LogP contribution >= 0.6 is 0 Å². The van der Waals surface area contributed by atoms with E-state index in [4.69, 9.17) is 4.74 Å². The van der Waals surface area contributed by atoms with E-state index in [-0.39, 0.29) is 18.2 Å². The van der Waals surface area contributed by atoms with Crippen molar-refractivity contribution in [2.24, 2.45) is 0 Å². The lowest BCUT2D eigenvalue weighted by Gasteiger charge is -2.10. The molecule has 0 fully saturated rings. The molecule has 0 radical (unpaired) electrons. The fraction of sp³-hybridized carbons (Fsp3) is 0.105. The summed E-state index contributed by atoms with van der Waals surface area (Å²) in [6.45, 7) is 0.227. The molecule has 3 aromatic rings. The highest BCUT2D eigenvalue weighted by Gasteiger charge is 2.11. The molecule has 0 saturated heterocycles. The van der Waals surface area contributed by atoms with Crippen LogP contribution in [-0.2, 0) is 6.54 Å². The number of nitrogens with one attached hydrogen (secondary N) is 1. The van der Waals surface area contributed by atoms with Crippen LogP contribution in [0.25, 0.3) is 10.8 Å². The van der Waals surface area contributed by atoms with Crippen molar-refractivity contribution in [1.29, 1.82) is 0 Å². The molecule has 4 nitrogen and oxygen atoms in total. The maximum absolute atomic E-state index is 12.5. The van der Waals surface area contributed by atoms with E-state index in [1.807, 2.05) is 36.4 Å². The molecule has 116 valence electrons. The van der Waals surface area contributed by atoms with Crippen LogP contribution in [0, 0.1) is 0 Å². The Kier molecular flexibility index (Phi) is 4.15. The third kappa shape index (κ3) is 3.11. The Hall–Kier alpha value is -3.01. The van der Waals surface area contributed by atoms with Crippen LogP contribution in [0.1, 0.15) is 15.9 Å². The number of hydrogen-bond donors (Lipinski definition) is 2. The molecular formula is C19H17NO3. The lowest BCUT2D eigenvalue weighted by Crippen LogP contribution is -2.23. The van der Waals surface area contributed by atoms with Crippen molar-refractivity contribution in [1.82, 2.24) is 5.32 Å². The van der Waals surface area contributed by atoms with Gasteiger partial charge in [0.25, 0.3) is 5.91 Å². The zero-order chi connectivity index (χ0) is 16.2. The second-order valence-corrected chi connectivity index (χ2v) is 5.20. The zero-order valence-corrected chi connectivity index (χ0v) is 12.7. The first-order valence-electron chi connectivity index (χ1n) is 7.31. The maximum Gasteiger partial charge on any atom is 0.252 e. The highest BCUT2D eigenvalue weighted by atomic mass is 16.5. The van der Waals surface area contributed by atoms with Crippen LogP contribution in [0.5, 0.6) is 11.5 Å². The van der Waals surface area contributed by atoms with Gasteiger partial charge in [-0.25, -0.2) is 0 Å². The number of benzene rings is 3. The fourth-order valence-electron chi connectivity index (χ4n) is 2.52. The molecule has 0 aliphatic carbocycles. The molecule has 0 aliphatic rings. The minimum Gasteiger partial charge on any atom is -0.508 e. The molecular weight excluding hydrogens is 290 g/mol. The van der Waals surface area contributed by atoms with E-state index < -0.39 is 0 Å². The van der Waals surface area contributed by atoms with Crippen molar-refractivity contribution in [2.75, 3.05) is 7.11 Å². The summed E-state index contributed by atoms with van der Waals surface area (Å²) in [4.78, 5) is 12.5. The predicted molar refractivity (Wildman–Crippen MR) is 89.8 cm³/mol. The quantitative estimate of drug-likeness (QED) is 0.776. The predicted octanol–water partition coefficient (Wildman–Crippen LogP) is 3.48. The van der Waals surface area contributed by atoms with Crippen molar-refractivity contribution in [3.05, 3.63) is 71.8 Å². The Morgan fingerprint density at radius 3 is 2.70 bits per heavy atom. The average Bonchev–Trinajstić information content (AvgIpc) is 2.60. The SMILES string of the molecule is COc1ccc(O)c(CNC(=O)c2cccc3ccccc23)c1. The van der Waals surface area contributed by atoms with Crippen LogP contribution in [0.4, 0.5) is 0 Å². The molecule has 0 spiro atoms. The third-order valence-electron chi connectivity index (χ3n) is 3.76. The number of hydrogen-bond acceptors (Lipinski definition) is 3. The zero-order valence-electron chi connectivity index (χ0n) is 12.7. The summed E-state index contributed by atoms with van der Waals surface area (Å²) in [6, 6.07) is 18.3. The van der Waals surface area contributed by atoms with Crippen LogP contribution in [0.3, 0.4) is 0 Å². The number of amides is 1. The summed E-state index contributed by atoms with van der Waals surface area (Å²) in [7, 11) is 1.56. The molecule has 0 unspecified atom stereocenters. The monoisotopic (exact) mass is 307 g/mol. The van der Waals surface area contributed by atoms with Gasteiger partial charge in [-0.3, -0.25) is 4.79 Å². The summed E-state index contributed by atoms with van der Waals surface area (Å²) in [6.07, 6.45) is 0. The Labute approximate surface area is 134 Å². The third-order valence-corrected chi connectivity index (χ3v) is 3.76. The highest BCUT2D eigenvalue weighted by Crippen LogP contribution is 2.23. The summed E-state index contributed by atoms with van der Waals surface area (Å²) in [5.74, 6) is 0.588. The van der Waals surface area contributed by atoms with Gasteiger partial charge in [0.15, 0.2) is 0 Å². The second kappa shape index (κ2) is 6.40. The van der Waals surface area contributed by atoms with Gasteiger partial charge in [-0.2, -0.15) is 0 Å². The average molecular weight is 307 g/mol. The topological polar surface area (TPSA) is 58.6 Å². The van der Waals surface area contributed by atoms with E-state index >= 15 is 0 Å². The van der Waals surface area contributed by atoms with E-state index in [1.165, 1.54) is 0 Å². The standard InChI is InChI=1S/C19H17NO3/c1-23-15-9-10-18(21)14(11-15)12-20-19(22)17-8-4-6-13-5-2-3-7-16(13)17/h2-11,21H,12H2,1H3,(H,20,22). The van der Waals surface area contributed by atoms with Crippen LogP contribution in [0.2, 0.25) is 0 Å². The molecule has 1 amide bonds. The van der Waals surface area contributed by atoms with Gasteiger partial charge in [-0.15, -0.1) is 0 Å². The molecule has 3 aromatic carbocycles. The molecule has 0 aromatic heterocycles. The van der Waals surface area contributed by atoms with Crippen molar-refractivity contribution >= 4 is 16.7 Å². The minimum atomic E-state index is -0.177. The van der Waals surface area contributed by atoms with Gasteiger partial charge in [0.05, 0.1) is 7.11 Å². The van der Waals surface area contributed by atoms with E-state index in [0.29, 0.717) is 16.9 Å². The Bertz CT molecular complexity index is 853. The van der Waals surface area contributed by atoms with Crippen molar-refractivity contribution in [2.45, 2.75) is 6.54 Å². The second-order valence-electron chi connectivity index (χ2n) is 5.20. The first kappa shape index (κ1) is 14.9. The van der Waals surface area contributed by atoms with E-state index in [9.17, 15) is 9.90 Å². The maximum atomic E-state index is 12.5. The van der Waals surface area contributed by atoms with Crippen LogP contribution < -0.4 is 10.1 Å². The Morgan fingerprint density at radius 2 is 1.87 bits per heavy atom. The van der Waals surface area contributed by atoms with Gasteiger partial charge >= 0.3 is 0 Å². The van der Waals surface area contributed by atoms with Gasteiger partial charge in [0.2, 0.25) is 0 Å². The van der Waals surface area contributed by atoms with Gasteiger partial charge in [0, 0.05) is 17.7 Å². The smallest absolute Gasteiger partial charge is 0.252 e. The summed E-state index contributed by atoms with van der Waals surface area (Å²) in [5.41, 5.74) is 1.23. The number of rotatable bonds is 4. The number of aromatic hydroxyl groups is 1. The number of methoxy groups -OCH3 is 1. The first-order chi connectivity index (χ1) is 11.2. The number of carbonyl (C=O) groups is 1. The first-order valence-corrected chi connectivity index (χ1v) is 7.31. The number of ether oxygens (including phenoxy) is 1. The normalized spacial score (nSPS) is 10.5. The molecule has 0 aliphatic heterocycles. The van der Waals surface area contributed by atoms with Gasteiger partial charge < -0.3 is 15.2 Å². The number of phenols is 1. The van der Waals surface area contributed by atoms with Crippen molar-refractivity contribution in [3.63, 3.8) is 0 Å².